The van der Waals surface area contributed by atoms with Gasteiger partial charge >= 0.3 is 11.9 Å². The van der Waals surface area contributed by atoms with Crippen LogP contribution in [0.4, 0.5) is 0 Å². The van der Waals surface area contributed by atoms with E-state index < -0.39 is 17.9 Å². The van der Waals surface area contributed by atoms with Crippen LogP contribution in [0.25, 0.3) is 0 Å². The molecule has 1 aliphatic rings. The van der Waals surface area contributed by atoms with Gasteiger partial charge in [0.15, 0.2) is 0 Å². The number of carboxylic acid groups (broad SMARTS) is 2. The number of hydrogen-bond donors (Lipinski definition) is 2. The third-order valence-electron chi connectivity index (χ3n) is 1.65. The highest BCUT2D eigenvalue weighted by molar-refractivity contribution is 5.95. The average molecular weight is 180 g/mol. The summed E-state index contributed by atoms with van der Waals surface area (Å²) < 4.78 is 0. The van der Waals surface area contributed by atoms with Crippen molar-refractivity contribution < 1.29 is 19.8 Å². The fourth-order valence-electron chi connectivity index (χ4n) is 1.03. The van der Waals surface area contributed by atoms with Crippen LogP contribution in [0.15, 0.2) is 36.0 Å². The lowest BCUT2D eigenvalue weighted by Crippen LogP contribution is -2.19. The Balaban J connectivity index is 3.05. The number of aliphatic carboxylic acids is 2. The van der Waals surface area contributed by atoms with E-state index in [1.807, 2.05) is 0 Å². The van der Waals surface area contributed by atoms with Crippen LogP contribution in [-0.4, -0.2) is 22.2 Å². The van der Waals surface area contributed by atoms with Crippen molar-refractivity contribution in [1.29, 1.82) is 0 Å². The number of rotatable bonds is 2. The average Bonchev–Trinajstić information content (AvgIpc) is 2.27. The smallest absolute Gasteiger partial charge is 0.332 e. The summed E-state index contributed by atoms with van der Waals surface area (Å²) in [6.45, 7) is 0. The normalized spacial score (nSPS) is 20.6. The van der Waals surface area contributed by atoms with Gasteiger partial charge in [-0.25, -0.2) is 4.79 Å². The van der Waals surface area contributed by atoms with E-state index in [9.17, 15) is 9.59 Å². The number of hydrogen-bond acceptors (Lipinski definition) is 2. The Labute approximate surface area is 74.5 Å². The first-order valence-electron chi connectivity index (χ1n) is 3.64. The molecule has 0 aromatic carbocycles. The van der Waals surface area contributed by atoms with E-state index in [-0.39, 0.29) is 5.57 Å². The van der Waals surface area contributed by atoms with E-state index in [0.29, 0.717) is 0 Å². The lowest BCUT2D eigenvalue weighted by Gasteiger charge is -2.06. The maximum absolute atomic E-state index is 10.6. The summed E-state index contributed by atoms with van der Waals surface area (Å²) in [7, 11) is 0. The molecule has 1 aliphatic carbocycles. The molecular formula is C9H8O4. The minimum atomic E-state index is -1.20. The standard InChI is InChI=1S/C9H8O4/c10-8(11)6-4-2-1-3-5-7(6)9(12)13/h1-6H,(H,10,11)(H,12,13). The second kappa shape index (κ2) is 3.71. The molecule has 0 aromatic rings. The van der Waals surface area contributed by atoms with Crippen molar-refractivity contribution in [1.82, 2.24) is 0 Å². The first-order valence-corrected chi connectivity index (χ1v) is 3.64. The molecular weight excluding hydrogens is 172 g/mol. The molecule has 0 saturated heterocycles. The molecule has 0 spiro atoms. The van der Waals surface area contributed by atoms with Gasteiger partial charge < -0.3 is 10.2 Å². The third kappa shape index (κ3) is 2.05. The molecule has 1 atom stereocenters. The molecule has 0 aliphatic heterocycles. The zero-order chi connectivity index (χ0) is 9.84. The second-order valence-corrected chi connectivity index (χ2v) is 2.51. The highest BCUT2D eigenvalue weighted by Crippen LogP contribution is 2.16. The first-order chi connectivity index (χ1) is 6.13. The van der Waals surface area contributed by atoms with Crippen molar-refractivity contribution in [2.24, 2.45) is 5.92 Å². The Morgan fingerprint density at radius 1 is 1.15 bits per heavy atom. The molecule has 0 aromatic heterocycles. The Hall–Kier alpha value is -1.84. The monoisotopic (exact) mass is 180 g/mol. The van der Waals surface area contributed by atoms with Gasteiger partial charge in [-0.3, -0.25) is 4.79 Å². The van der Waals surface area contributed by atoms with Crippen LogP contribution in [-0.2, 0) is 9.59 Å². The van der Waals surface area contributed by atoms with Gasteiger partial charge in [-0.2, -0.15) is 0 Å². The topological polar surface area (TPSA) is 74.6 Å². The molecule has 13 heavy (non-hydrogen) atoms. The summed E-state index contributed by atoms with van der Waals surface area (Å²) >= 11 is 0. The molecule has 0 bridgehead atoms. The highest BCUT2D eigenvalue weighted by Gasteiger charge is 2.24. The minimum Gasteiger partial charge on any atom is -0.481 e. The van der Waals surface area contributed by atoms with Crippen LogP contribution in [0.1, 0.15) is 0 Å². The van der Waals surface area contributed by atoms with Gasteiger partial charge in [0.25, 0.3) is 0 Å². The van der Waals surface area contributed by atoms with Gasteiger partial charge in [-0.1, -0.05) is 30.4 Å². The van der Waals surface area contributed by atoms with E-state index in [1.165, 1.54) is 24.3 Å². The van der Waals surface area contributed by atoms with Gasteiger partial charge in [0.2, 0.25) is 0 Å². The van der Waals surface area contributed by atoms with Gasteiger partial charge in [0, 0.05) is 0 Å². The van der Waals surface area contributed by atoms with E-state index in [4.69, 9.17) is 10.2 Å². The molecule has 0 heterocycles. The Morgan fingerprint density at radius 3 is 2.38 bits per heavy atom. The minimum absolute atomic E-state index is 0.127. The van der Waals surface area contributed by atoms with E-state index in [2.05, 4.69) is 0 Å². The summed E-state index contributed by atoms with van der Waals surface area (Å²) in [5, 5.41) is 17.4. The zero-order valence-electron chi connectivity index (χ0n) is 6.68. The van der Waals surface area contributed by atoms with Crippen molar-refractivity contribution in [2.75, 3.05) is 0 Å². The lowest BCUT2D eigenvalue weighted by atomic mass is 9.99. The predicted molar refractivity (Wildman–Crippen MR) is 45.1 cm³/mol. The Morgan fingerprint density at radius 2 is 1.85 bits per heavy atom. The Bertz CT molecular complexity index is 323. The predicted octanol–water partition coefficient (Wildman–Crippen LogP) is 0.824. The van der Waals surface area contributed by atoms with Crippen molar-refractivity contribution >= 4 is 11.9 Å². The van der Waals surface area contributed by atoms with Crippen molar-refractivity contribution in [3.63, 3.8) is 0 Å². The summed E-state index contributed by atoms with van der Waals surface area (Å²) in [4.78, 5) is 21.3. The molecule has 1 unspecified atom stereocenters. The van der Waals surface area contributed by atoms with Crippen LogP contribution in [0.5, 0.6) is 0 Å². The van der Waals surface area contributed by atoms with Gasteiger partial charge in [0.1, 0.15) is 5.92 Å². The van der Waals surface area contributed by atoms with Gasteiger partial charge in [0.05, 0.1) is 5.57 Å². The van der Waals surface area contributed by atoms with E-state index >= 15 is 0 Å². The number of carboxylic acids is 2. The zero-order valence-corrected chi connectivity index (χ0v) is 6.68. The molecule has 0 saturated carbocycles. The quantitative estimate of drug-likeness (QED) is 0.659. The lowest BCUT2D eigenvalue weighted by molar-refractivity contribution is -0.142. The van der Waals surface area contributed by atoms with Crippen molar-refractivity contribution in [2.45, 2.75) is 0 Å². The van der Waals surface area contributed by atoms with Crippen LogP contribution >= 0.6 is 0 Å². The van der Waals surface area contributed by atoms with E-state index in [1.54, 1.807) is 6.08 Å². The fourth-order valence-corrected chi connectivity index (χ4v) is 1.03. The largest absolute Gasteiger partial charge is 0.481 e. The SMILES string of the molecule is O=C(O)C1=CC=CC=CC1C(=O)O. The maximum atomic E-state index is 10.6. The van der Waals surface area contributed by atoms with Crippen molar-refractivity contribution in [3.8, 4) is 0 Å². The fraction of sp³-hybridized carbons (Fsp3) is 0.111. The summed E-state index contributed by atoms with van der Waals surface area (Å²) in [6.07, 6.45) is 7.24. The van der Waals surface area contributed by atoms with Crippen LogP contribution in [0, 0.1) is 5.92 Å². The van der Waals surface area contributed by atoms with Crippen molar-refractivity contribution in [3.05, 3.63) is 36.0 Å². The highest BCUT2D eigenvalue weighted by atomic mass is 16.4. The molecule has 0 fully saturated rings. The van der Waals surface area contributed by atoms with Crippen LogP contribution in [0.2, 0.25) is 0 Å². The van der Waals surface area contributed by atoms with Gasteiger partial charge in [-0.15, -0.1) is 0 Å². The molecule has 4 heteroatoms. The Kier molecular flexibility index (Phi) is 2.64. The van der Waals surface area contributed by atoms with Gasteiger partial charge in [-0.05, 0) is 0 Å². The molecule has 0 radical (unpaired) electrons. The number of allylic oxidation sites excluding steroid dienone is 4. The van der Waals surface area contributed by atoms with Crippen LogP contribution < -0.4 is 0 Å². The van der Waals surface area contributed by atoms with Crippen LogP contribution in [0.3, 0.4) is 0 Å². The molecule has 0 amide bonds. The summed E-state index contributed by atoms with van der Waals surface area (Å²) in [5.74, 6) is -3.43. The molecule has 68 valence electrons. The summed E-state index contributed by atoms with van der Waals surface area (Å²) in [5.41, 5.74) is -0.127. The molecule has 2 N–H and O–H groups in total. The maximum Gasteiger partial charge on any atom is 0.332 e. The number of carbonyl (C=O) groups is 2. The third-order valence-corrected chi connectivity index (χ3v) is 1.65. The second-order valence-electron chi connectivity index (χ2n) is 2.51. The van der Waals surface area contributed by atoms with E-state index in [0.717, 1.165) is 0 Å². The molecule has 4 nitrogen and oxygen atoms in total. The molecule has 1 rings (SSSR count). The first kappa shape index (κ1) is 9.25. The summed E-state index contributed by atoms with van der Waals surface area (Å²) in [6, 6.07) is 0.